The maximum Gasteiger partial charge on any atom is 0.191 e. The quantitative estimate of drug-likeness (QED) is 0.438. The Kier molecular flexibility index (Phi) is 6.27. The van der Waals surface area contributed by atoms with E-state index in [1.165, 1.54) is 38.5 Å². The average Bonchev–Trinajstić information content (AvgIpc) is 2.31. The predicted octanol–water partition coefficient (Wildman–Crippen LogP) is 2.53. The summed E-state index contributed by atoms with van der Waals surface area (Å²) in [6, 6.07) is 0.629. The molecule has 1 rings (SSSR count). The van der Waals surface area contributed by atoms with Gasteiger partial charge in [0.25, 0.3) is 0 Å². The van der Waals surface area contributed by atoms with Gasteiger partial charge in [0.15, 0.2) is 5.96 Å². The van der Waals surface area contributed by atoms with Crippen LogP contribution in [0.1, 0.15) is 52.4 Å². The first-order valence-corrected chi connectivity index (χ1v) is 6.73. The Bertz CT molecular complexity index is 205. The highest BCUT2D eigenvalue weighted by atomic mass is 15.2. The van der Waals surface area contributed by atoms with E-state index in [1.54, 1.807) is 0 Å². The molecule has 0 saturated heterocycles. The fraction of sp³-hybridized carbons (Fsp3) is 0.923. The molecule has 0 atom stereocenters. The second-order valence-electron chi connectivity index (χ2n) is 4.95. The first-order chi connectivity index (χ1) is 7.76. The predicted molar refractivity (Wildman–Crippen MR) is 70.8 cm³/mol. The Hall–Kier alpha value is -0.730. The third-order valence-corrected chi connectivity index (χ3v) is 3.40. The highest BCUT2D eigenvalue weighted by molar-refractivity contribution is 5.79. The van der Waals surface area contributed by atoms with Gasteiger partial charge in [0.05, 0.1) is 0 Å². The number of guanidine groups is 1. The number of nitrogens with one attached hydrogen (secondary N) is 2. The summed E-state index contributed by atoms with van der Waals surface area (Å²) in [7, 11) is 1.85. The van der Waals surface area contributed by atoms with Gasteiger partial charge in [-0.05, 0) is 38.0 Å². The molecule has 1 aliphatic carbocycles. The zero-order chi connectivity index (χ0) is 11.8. The van der Waals surface area contributed by atoms with Gasteiger partial charge in [-0.25, -0.2) is 0 Å². The lowest BCUT2D eigenvalue weighted by atomic mass is 9.87. The summed E-state index contributed by atoms with van der Waals surface area (Å²) < 4.78 is 0. The SMILES string of the molecule is CCCCNC(=NC)NC1CCC(C)CC1. The number of nitrogens with zero attached hydrogens (tertiary/aromatic N) is 1. The van der Waals surface area contributed by atoms with E-state index in [0.717, 1.165) is 18.4 Å². The summed E-state index contributed by atoms with van der Waals surface area (Å²) in [6.45, 7) is 5.59. The van der Waals surface area contributed by atoms with Crippen molar-refractivity contribution in [1.82, 2.24) is 10.6 Å². The number of aliphatic imine (C=N–C) groups is 1. The second-order valence-corrected chi connectivity index (χ2v) is 4.95. The molecule has 0 aliphatic heterocycles. The van der Waals surface area contributed by atoms with Crippen molar-refractivity contribution in [3.8, 4) is 0 Å². The van der Waals surface area contributed by atoms with E-state index in [2.05, 4.69) is 29.5 Å². The van der Waals surface area contributed by atoms with Crippen LogP contribution in [0.4, 0.5) is 0 Å². The van der Waals surface area contributed by atoms with Crippen molar-refractivity contribution in [1.29, 1.82) is 0 Å². The minimum Gasteiger partial charge on any atom is -0.356 e. The Labute approximate surface area is 100 Å². The van der Waals surface area contributed by atoms with Crippen molar-refractivity contribution in [2.45, 2.75) is 58.4 Å². The fourth-order valence-electron chi connectivity index (χ4n) is 2.18. The van der Waals surface area contributed by atoms with Crippen LogP contribution < -0.4 is 10.6 Å². The highest BCUT2D eigenvalue weighted by Crippen LogP contribution is 2.23. The summed E-state index contributed by atoms with van der Waals surface area (Å²) in [5.41, 5.74) is 0. The molecule has 1 saturated carbocycles. The molecule has 3 heteroatoms. The molecule has 0 aromatic rings. The van der Waals surface area contributed by atoms with Crippen LogP contribution in [0, 0.1) is 5.92 Å². The van der Waals surface area contributed by atoms with Gasteiger partial charge < -0.3 is 10.6 Å². The van der Waals surface area contributed by atoms with Crippen LogP contribution in [0.15, 0.2) is 4.99 Å². The van der Waals surface area contributed by atoms with Gasteiger partial charge in [0.2, 0.25) is 0 Å². The number of unbranched alkanes of at least 4 members (excludes halogenated alkanes) is 1. The lowest BCUT2D eigenvalue weighted by molar-refractivity contribution is 0.329. The fourth-order valence-corrected chi connectivity index (χ4v) is 2.18. The lowest BCUT2D eigenvalue weighted by Gasteiger charge is -2.28. The van der Waals surface area contributed by atoms with E-state index in [0.29, 0.717) is 6.04 Å². The van der Waals surface area contributed by atoms with Gasteiger partial charge >= 0.3 is 0 Å². The van der Waals surface area contributed by atoms with Gasteiger partial charge in [0.1, 0.15) is 0 Å². The first kappa shape index (κ1) is 13.3. The molecule has 2 N–H and O–H groups in total. The lowest BCUT2D eigenvalue weighted by Crippen LogP contribution is -2.44. The normalized spacial score (nSPS) is 26.6. The van der Waals surface area contributed by atoms with Crippen LogP contribution in [0.5, 0.6) is 0 Å². The average molecular weight is 225 g/mol. The van der Waals surface area contributed by atoms with Crippen LogP contribution in [0.3, 0.4) is 0 Å². The topological polar surface area (TPSA) is 36.4 Å². The molecule has 16 heavy (non-hydrogen) atoms. The van der Waals surface area contributed by atoms with Gasteiger partial charge in [-0.2, -0.15) is 0 Å². The van der Waals surface area contributed by atoms with E-state index >= 15 is 0 Å². The second kappa shape index (κ2) is 7.53. The molecule has 0 heterocycles. The van der Waals surface area contributed by atoms with E-state index in [-0.39, 0.29) is 0 Å². The Balaban J connectivity index is 2.22. The molecule has 0 unspecified atom stereocenters. The monoisotopic (exact) mass is 225 g/mol. The smallest absolute Gasteiger partial charge is 0.191 e. The molecular weight excluding hydrogens is 198 g/mol. The minimum atomic E-state index is 0.629. The minimum absolute atomic E-state index is 0.629. The Morgan fingerprint density at radius 3 is 2.50 bits per heavy atom. The standard InChI is InChI=1S/C13H27N3/c1-4-5-10-15-13(14-3)16-12-8-6-11(2)7-9-12/h11-12H,4-10H2,1-3H3,(H2,14,15,16). The van der Waals surface area contributed by atoms with Crippen LogP contribution in [0.25, 0.3) is 0 Å². The van der Waals surface area contributed by atoms with Crippen molar-refractivity contribution >= 4 is 5.96 Å². The van der Waals surface area contributed by atoms with Crippen LogP contribution in [-0.2, 0) is 0 Å². The summed E-state index contributed by atoms with van der Waals surface area (Å²) in [5, 5.41) is 6.89. The number of hydrogen-bond acceptors (Lipinski definition) is 1. The zero-order valence-electron chi connectivity index (χ0n) is 11.1. The summed E-state index contributed by atoms with van der Waals surface area (Å²) in [6.07, 6.45) is 7.71. The Morgan fingerprint density at radius 1 is 1.25 bits per heavy atom. The maximum atomic E-state index is 4.27. The van der Waals surface area contributed by atoms with Gasteiger partial charge in [-0.1, -0.05) is 20.3 Å². The summed E-state index contributed by atoms with van der Waals surface area (Å²) in [4.78, 5) is 4.27. The molecule has 0 radical (unpaired) electrons. The molecule has 0 aromatic heterocycles. The molecule has 1 fully saturated rings. The summed E-state index contributed by atoms with van der Waals surface area (Å²) in [5.74, 6) is 1.89. The van der Waals surface area contributed by atoms with E-state index in [1.807, 2.05) is 7.05 Å². The van der Waals surface area contributed by atoms with E-state index < -0.39 is 0 Å². The molecule has 0 aromatic carbocycles. The molecule has 0 bridgehead atoms. The Morgan fingerprint density at radius 2 is 1.94 bits per heavy atom. The first-order valence-electron chi connectivity index (χ1n) is 6.73. The largest absolute Gasteiger partial charge is 0.356 e. The molecular formula is C13H27N3. The van der Waals surface area contributed by atoms with Crippen molar-refractivity contribution in [2.75, 3.05) is 13.6 Å². The number of rotatable bonds is 4. The van der Waals surface area contributed by atoms with Crippen molar-refractivity contribution < 1.29 is 0 Å². The van der Waals surface area contributed by atoms with Crippen molar-refractivity contribution in [2.24, 2.45) is 10.9 Å². The van der Waals surface area contributed by atoms with Crippen molar-refractivity contribution in [3.05, 3.63) is 0 Å². The van der Waals surface area contributed by atoms with Gasteiger partial charge in [0, 0.05) is 19.6 Å². The van der Waals surface area contributed by atoms with Crippen LogP contribution in [-0.4, -0.2) is 25.6 Å². The zero-order valence-corrected chi connectivity index (χ0v) is 11.1. The molecule has 94 valence electrons. The van der Waals surface area contributed by atoms with Crippen LogP contribution >= 0.6 is 0 Å². The van der Waals surface area contributed by atoms with E-state index in [9.17, 15) is 0 Å². The number of hydrogen-bond donors (Lipinski definition) is 2. The third-order valence-electron chi connectivity index (χ3n) is 3.40. The van der Waals surface area contributed by atoms with E-state index in [4.69, 9.17) is 0 Å². The highest BCUT2D eigenvalue weighted by Gasteiger charge is 2.18. The molecule has 1 aliphatic rings. The molecule has 0 amide bonds. The third kappa shape index (κ3) is 4.86. The molecule has 0 spiro atoms. The maximum absolute atomic E-state index is 4.27. The van der Waals surface area contributed by atoms with Crippen LogP contribution in [0.2, 0.25) is 0 Å². The summed E-state index contributed by atoms with van der Waals surface area (Å²) >= 11 is 0. The van der Waals surface area contributed by atoms with Gasteiger partial charge in [-0.15, -0.1) is 0 Å². The molecule has 3 nitrogen and oxygen atoms in total. The van der Waals surface area contributed by atoms with Gasteiger partial charge in [-0.3, -0.25) is 4.99 Å². The van der Waals surface area contributed by atoms with Crippen molar-refractivity contribution in [3.63, 3.8) is 0 Å².